The van der Waals surface area contributed by atoms with Gasteiger partial charge in [0.05, 0.1) is 29.3 Å². The molecule has 0 aliphatic heterocycles. The van der Waals surface area contributed by atoms with Gasteiger partial charge in [-0.1, -0.05) is 11.6 Å². The van der Waals surface area contributed by atoms with Crippen LogP contribution >= 0.6 is 11.6 Å². The molecule has 25 heavy (non-hydrogen) atoms. The summed E-state index contributed by atoms with van der Waals surface area (Å²) in [4.78, 5) is 27.7. The number of carbonyl (C=O) groups is 2. The first-order chi connectivity index (χ1) is 12.0. The number of amides is 3. The molecule has 2 rings (SSSR count). The molecule has 0 aliphatic rings. The first kappa shape index (κ1) is 18.8. The van der Waals surface area contributed by atoms with E-state index in [0.717, 1.165) is 12.2 Å². The van der Waals surface area contributed by atoms with Crippen molar-refractivity contribution < 1.29 is 14.3 Å². The van der Waals surface area contributed by atoms with E-state index in [1.165, 1.54) is 7.11 Å². The van der Waals surface area contributed by atoms with Crippen LogP contribution in [0.2, 0.25) is 5.02 Å². The molecule has 9 heteroatoms. The molecule has 0 atom stereocenters. The Balaban J connectivity index is 1.96. The maximum atomic E-state index is 12.1. The Morgan fingerprint density at radius 1 is 1.32 bits per heavy atom. The molecule has 0 unspecified atom stereocenters. The monoisotopic (exact) mass is 365 g/mol. The van der Waals surface area contributed by atoms with Gasteiger partial charge in [-0.25, -0.2) is 9.78 Å². The second kappa shape index (κ2) is 9.05. The maximum Gasteiger partial charge on any atom is 0.319 e. The molecular formula is C16H20ClN5O3. The van der Waals surface area contributed by atoms with Gasteiger partial charge < -0.3 is 25.3 Å². The van der Waals surface area contributed by atoms with Crippen molar-refractivity contribution in [3.05, 3.63) is 41.4 Å². The molecule has 0 aliphatic carbocycles. The average Bonchev–Trinajstić information content (AvgIpc) is 3.04. The van der Waals surface area contributed by atoms with Crippen LogP contribution in [0.15, 0.2) is 30.7 Å². The number of nitrogens with one attached hydrogen (secondary N) is 3. The molecular weight excluding hydrogens is 346 g/mol. The number of benzene rings is 1. The number of hydrogen-bond donors (Lipinski definition) is 3. The van der Waals surface area contributed by atoms with Crippen LogP contribution in [-0.2, 0) is 22.6 Å². The zero-order chi connectivity index (χ0) is 18.2. The quantitative estimate of drug-likeness (QED) is 0.702. The Morgan fingerprint density at radius 2 is 2.12 bits per heavy atom. The van der Waals surface area contributed by atoms with Crippen LogP contribution in [0.25, 0.3) is 0 Å². The van der Waals surface area contributed by atoms with Crippen molar-refractivity contribution in [3.63, 3.8) is 0 Å². The minimum atomic E-state index is -0.411. The average molecular weight is 366 g/mol. The lowest BCUT2D eigenvalue weighted by atomic mass is 10.2. The standard InChI is InChI=1S/C16H20ClN5O3/c1-3-22-10-18-7-12(22)8-19-16(24)21-14-6-11(4-5-13(14)17)20-15(23)9-25-2/h4-7,10H,3,8-9H2,1-2H3,(H,20,23)(H2,19,21,24). The lowest BCUT2D eigenvalue weighted by Crippen LogP contribution is -2.29. The Hall–Kier alpha value is -2.58. The number of nitrogens with zero attached hydrogens (tertiary/aromatic N) is 2. The van der Waals surface area contributed by atoms with E-state index >= 15 is 0 Å². The highest BCUT2D eigenvalue weighted by Crippen LogP contribution is 2.25. The lowest BCUT2D eigenvalue weighted by molar-refractivity contribution is -0.119. The predicted molar refractivity (Wildman–Crippen MR) is 95.7 cm³/mol. The molecule has 0 saturated carbocycles. The highest BCUT2D eigenvalue weighted by molar-refractivity contribution is 6.33. The third kappa shape index (κ3) is 5.47. The minimum absolute atomic E-state index is 0.0585. The van der Waals surface area contributed by atoms with Crippen molar-refractivity contribution in [2.75, 3.05) is 24.4 Å². The molecule has 1 aromatic heterocycles. The number of aromatic nitrogens is 2. The molecule has 3 amide bonds. The van der Waals surface area contributed by atoms with E-state index in [-0.39, 0.29) is 12.5 Å². The normalized spacial score (nSPS) is 10.4. The third-order valence-corrected chi connectivity index (χ3v) is 3.67. The number of carbonyl (C=O) groups excluding carboxylic acids is 2. The smallest absolute Gasteiger partial charge is 0.319 e. The van der Waals surface area contributed by atoms with Gasteiger partial charge in [-0.2, -0.15) is 0 Å². The van der Waals surface area contributed by atoms with E-state index in [4.69, 9.17) is 16.3 Å². The van der Waals surface area contributed by atoms with Gasteiger partial charge in [-0.3, -0.25) is 4.79 Å². The molecule has 8 nitrogen and oxygen atoms in total. The summed E-state index contributed by atoms with van der Waals surface area (Å²) < 4.78 is 6.69. The van der Waals surface area contributed by atoms with Gasteiger partial charge >= 0.3 is 6.03 Å². The fourth-order valence-electron chi connectivity index (χ4n) is 2.14. The second-order valence-electron chi connectivity index (χ2n) is 5.15. The number of ether oxygens (including phenoxy) is 1. The number of anilines is 2. The maximum absolute atomic E-state index is 12.1. The fraction of sp³-hybridized carbons (Fsp3) is 0.312. The third-order valence-electron chi connectivity index (χ3n) is 3.34. The molecule has 0 radical (unpaired) electrons. The zero-order valence-electron chi connectivity index (χ0n) is 14.0. The van der Waals surface area contributed by atoms with Crippen molar-refractivity contribution >= 4 is 34.9 Å². The van der Waals surface area contributed by atoms with Gasteiger partial charge in [0.1, 0.15) is 6.61 Å². The largest absolute Gasteiger partial charge is 0.375 e. The Labute approximate surface area is 150 Å². The number of urea groups is 1. The van der Waals surface area contributed by atoms with Gasteiger partial charge in [0.15, 0.2) is 0 Å². The molecule has 134 valence electrons. The van der Waals surface area contributed by atoms with Crippen LogP contribution in [0, 0.1) is 0 Å². The number of hydrogen-bond acceptors (Lipinski definition) is 4. The van der Waals surface area contributed by atoms with Gasteiger partial charge in [0.25, 0.3) is 0 Å². The molecule has 0 saturated heterocycles. The van der Waals surface area contributed by atoms with Gasteiger partial charge in [-0.05, 0) is 25.1 Å². The highest BCUT2D eigenvalue weighted by Gasteiger charge is 2.09. The Morgan fingerprint density at radius 3 is 2.84 bits per heavy atom. The van der Waals surface area contributed by atoms with Crippen LogP contribution in [0.1, 0.15) is 12.6 Å². The number of aryl methyl sites for hydroxylation is 1. The van der Waals surface area contributed by atoms with Gasteiger partial charge in [0.2, 0.25) is 5.91 Å². The Kier molecular flexibility index (Phi) is 6.79. The zero-order valence-corrected chi connectivity index (χ0v) is 14.8. The van der Waals surface area contributed by atoms with Crippen LogP contribution in [-0.4, -0.2) is 35.2 Å². The van der Waals surface area contributed by atoms with Crippen molar-refractivity contribution in [1.29, 1.82) is 0 Å². The van der Waals surface area contributed by atoms with Crippen molar-refractivity contribution in [3.8, 4) is 0 Å². The first-order valence-corrected chi connectivity index (χ1v) is 8.03. The summed E-state index contributed by atoms with van der Waals surface area (Å²) >= 11 is 6.09. The van der Waals surface area contributed by atoms with E-state index < -0.39 is 6.03 Å². The van der Waals surface area contributed by atoms with E-state index in [1.54, 1.807) is 30.7 Å². The predicted octanol–water partition coefficient (Wildman–Crippen LogP) is 2.46. The molecule has 3 N–H and O–H groups in total. The molecule has 0 fully saturated rings. The van der Waals surface area contributed by atoms with Crippen molar-refractivity contribution in [2.45, 2.75) is 20.0 Å². The summed E-state index contributed by atoms with van der Waals surface area (Å²) in [6, 6.07) is 4.39. The SMILES string of the molecule is CCn1cncc1CNC(=O)Nc1cc(NC(=O)COC)ccc1Cl. The summed E-state index contributed by atoms with van der Waals surface area (Å²) in [5, 5.41) is 8.41. The summed E-state index contributed by atoms with van der Waals surface area (Å²) in [6.07, 6.45) is 3.40. The summed E-state index contributed by atoms with van der Waals surface area (Å²) in [7, 11) is 1.43. The first-order valence-electron chi connectivity index (χ1n) is 7.65. The van der Waals surface area contributed by atoms with Crippen LogP contribution < -0.4 is 16.0 Å². The number of rotatable bonds is 7. The second-order valence-corrected chi connectivity index (χ2v) is 5.56. The fourth-order valence-corrected chi connectivity index (χ4v) is 2.31. The molecule has 0 bridgehead atoms. The summed E-state index contributed by atoms with van der Waals surface area (Å²) in [5.74, 6) is -0.298. The lowest BCUT2D eigenvalue weighted by Gasteiger charge is -2.12. The molecule has 0 spiro atoms. The van der Waals surface area contributed by atoms with Crippen LogP contribution in [0.5, 0.6) is 0 Å². The summed E-state index contributed by atoms with van der Waals surface area (Å²) in [6.45, 7) is 3.04. The van der Waals surface area contributed by atoms with E-state index in [1.807, 2.05) is 11.5 Å². The number of halogens is 1. The highest BCUT2D eigenvalue weighted by atomic mass is 35.5. The minimum Gasteiger partial charge on any atom is -0.375 e. The van der Waals surface area contributed by atoms with E-state index in [9.17, 15) is 9.59 Å². The van der Waals surface area contributed by atoms with Gasteiger partial charge in [-0.15, -0.1) is 0 Å². The van der Waals surface area contributed by atoms with Crippen LogP contribution in [0.3, 0.4) is 0 Å². The van der Waals surface area contributed by atoms with Crippen molar-refractivity contribution in [1.82, 2.24) is 14.9 Å². The van der Waals surface area contributed by atoms with Crippen LogP contribution in [0.4, 0.5) is 16.2 Å². The number of imidazole rings is 1. The molecule has 1 heterocycles. The van der Waals surface area contributed by atoms with Gasteiger partial charge in [0, 0.05) is 25.5 Å². The number of methoxy groups -OCH3 is 1. The molecule has 2 aromatic rings. The molecule has 1 aromatic carbocycles. The van der Waals surface area contributed by atoms with E-state index in [0.29, 0.717) is 22.9 Å². The summed E-state index contributed by atoms with van der Waals surface area (Å²) in [5.41, 5.74) is 1.79. The van der Waals surface area contributed by atoms with Crippen molar-refractivity contribution in [2.24, 2.45) is 0 Å². The topological polar surface area (TPSA) is 97.3 Å². The van der Waals surface area contributed by atoms with E-state index in [2.05, 4.69) is 20.9 Å². The Bertz CT molecular complexity index is 747.